The van der Waals surface area contributed by atoms with E-state index in [1.54, 1.807) is 0 Å². The Morgan fingerprint density at radius 3 is 1.25 bits per heavy atom. The highest BCUT2D eigenvalue weighted by Crippen LogP contribution is 2.27. The molecule has 2 aliphatic heterocycles. The first-order chi connectivity index (χ1) is 17.5. The average Bonchev–Trinajstić information content (AvgIpc) is 3.40. The van der Waals surface area contributed by atoms with Gasteiger partial charge in [0.05, 0.1) is 25.0 Å². The zero-order chi connectivity index (χ0) is 25.3. The molecule has 0 bridgehead atoms. The fourth-order valence-electron chi connectivity index (χ4n) is 4.53. The van der Waals surface area contributed by atoms with Crippen molar-refractivity contribution >= 4 is 23.6 Å². The maximum atomic E-state index is 11.8. The minimum Gasteiger partial charge on any atom is -0.494 e. The van der Waals surface area contributed by atoms with Gasteiger partial charge in [-0.3, -0.25) is 29.8 Å². The maximum absolute atomic E-state index is 11.8. The monoisotopic (exact) mass is 492 g/mol. The number of imide groups is 2. The summed E-state index contributed by atoms with van der Waals surface area (Å²) >= 11 is 0. The minimum atomic E-state index is -0.392. The molecule has 8 nitrogen and oxygen atoms in total. The van der Waals surface area contributed by atoms with Gasteiger partial charge in [-0.15, -0.1) is 0 Å². The molecule has 2 N–H and O–H groups in total. The summed E-state index contributed by atoms with van der Waals surface area (Å²) in [5.41, 5.74) is 1.67. The molecule has 0 saturated carbocycles. The fourth-order valence-corrected chi connectivity index (χ4v) is 4.53. The van der Waals surface area contributed by atoms with Crippen molar-refractivity contribution in [1.29, 1.82) is 0 Å². The topological polar surface area (TPSA) is 111 Å². The molecule has 36 heavy (non-hydrogen) atoms. The molecular formula is C28H32N2O6. The SMILES string of the molecule is O=C1CC(c2ccc(OCCCCCCCCOc3ccc(C4CC(=O)NC4=O)cc3)cc2)C(=O)N1. The van der Waals surface area contributed by atoms with Crippen LogP contribution in [0.25, 0.3) is 0 Å². The largest absolute Gasteiger partial charge is 0.494 e. The maximum Gasteiger partial charge on any atom is 0.234 e. The van der Waals surface area contributed by atoms with Crippen LogP contribution in [0.4, 0.5) is 0 Å². The van der Waals surface area contributed by atoms with Gasteiger partial charge in [-0.2, -0.15) is 0 Å². The lowest BCUT2D eigenvalue weighted by molar-refractivity contribution is -0.126. The van der Waals surface area contributed by atoms with E-state index in [1.165, 1.54) is 0 Å². The van der Waals surface area contributed by atoms with Crippen LogP contribution >= 0.6 is 0 Å². The summed E-state index contributed by atoms with van der Waals surface area (Å²) in [5, 5.41) is 4.67. The molecule has 0 spiro atoms. The third-order valence-electron chi connectivity index (χ3n) is 6.58. The van der Waals surface area contributed by atoms with E-state index in [0.29, 0.717) is 13.2 Å². The van der Waals surface area contributed by atoms with Gasteiger partial charge in [-0.05, 0) is 48.2 Å². The van der Waals surface area contributed by atoms with E-state index >= 15 is 0 Å². The second kappa shape index (κ2) is 12.3. The molecule has 0 radical (unpaired) electrons. The lowest BCUT2D eigenvalue weighted by atomic mass is 9.98. The number of hydrogen-bond acceptors (Lipinski definition) is 6. The molecule has 0 aliphatic carbocycles. The van der Waals surface area contributed by atoms with Crippen molar-refractivity contribution in [2.75, 3.05) is 13.2 Å². The van der Waals surface area contributed by atoms with Crippen LogP contribution in [0.3, 0.4) is 0 Å². The number of rotatable bonds is 13. The number of unbranched alkanes of at least 4 members (excludes halogenated alkanes) is 5. The van der Waals surface area contributed by atoms with E-state index in [0.717, 1.165) is 61.2 Å². The minimum absolute atomic E-state index is 0.212. The van der Waals surface area contributed by atoms with Crippen LogP contribution in [-0.2, 0) is 19.2 Å². The second-order valence-electron chi connectivity index (χ2n) is 9.29. The smallest absolute Gasteiger partial charge is 0.234 e. The lowest BCUT2D eigenvalue weighted by Crippen LogP contribution is -2.21. The summed E-state index contributed by atoms with van der Waals surface area (Å²) in [6, 6.07) is 14.8. The van der Waals surface area contributed by atoms with Crippen LogP contribution in [0.1, 0.15) is 74.3 Å². The van der Waals surface area contributed by atoms with Crippen LogP contribution in [0, 0.1) is 0 Å². The molecule has 8 heteroatoms. The first-order valence-electron chi connectivity index (χ1n) is 12.6. The number of nitrogens with one attached hydrogen (secondary N) is 2. The van der Waals surface area contributed by atoms with Crippen molar-refractivity contribution in [2.24, 2.45) is 0 Å². The van der Waals surface area contributed by atoms with E-state index in [4.69, 9.17) is 9.47 Å². The molecule has 2 aromatic rings. The molecule has 190 valence electrons. The Labute approximate surface area is 210 Å². The summed E-state index contributed by atoms with van der Waals surface area (Å²) in [6.45, 7) is 1.30. The highest BCUT2D eigenvalue weighted by Gasteiger charge is 2.32. The molecule has 0 aromatic heterocycles. The van der Waals surface area contributed by atoms with Crippen LogP contribution in [0.5, 0.6) is 11.5 Å². The Kier molecular flexibility index (Phi) is 8.71. The third kappa shape index (κ3) is 6.93. The number of amides is 4. The predicted molar refractivity (Wildman–Crippen MR) is 133 cm³/mol. The first-order valence-corrected chi connectivity index (χ1v) is 12.6. The van der Waals surface area contributed by atoms with Crippen molar-refractivity contribution in [1.82, 2.24) is 10.6 Å². The van der Waals surface area contributed by atoms with Crippen molar-refractivity contribution in [2.45, 2.75) is 63.2 Å². The summed E-state index contributed by atoms with van der Waals surface area (Å²) in [4.78, 5) is 46.2. The number of ether oxygens (including phenoxy) is 2. The molecule has 2 atom stereocenters. The van der Waals surface area contributed by atoms with Crippen molar-refractivity contribution in [3.05, 3.63) is 59.7 Å². The van der Waals surface area contributed by atoms with E-state index in [2.05, 4.69) is 10.6 Å². The molecule has 2 aliphatic rings. The van der Waals surface area contributed by atoms with Gasteiger partial charge in [-0.1, -0.05) is 49.9 Å². The van der Waals surface area contributed by atoms with E-state index in [-0.39, 0.29) is 36.5 Å². The first kappa shape index (κ1) is 25.4. The Morgan fingerprint density at radius 1 is 0.556 bits per heavy atom. The van der Waals surface area contributed by atoms with Gasteiger partial charge in [0, 0.05) is 12.8 Å². The molecule has 2 unspecified atom stereocenters. The highest BCUT2D eigenvalue weighted by molar-refractivity contribution is 6.06. The molecule has 2 aromatic carbocycles. The Hall–Kier alpha value is -3.68. The molecule has 2 heterocycles. The summed E-state index contributed by atoms with van der Waals surface area (Å²) < 4.78 is 11.6. The van der Waals surface area contributed by atoms with Gasteiger partial charge in [0.15, 0.2) is 0 Å². The molecule has 2 fully saturated rings. The Bertz CT molecular complexity index is 993. The van der Waals surface area contributed by atoms with Crippen LogP contribution < -0.4 is 20.1 Å². The van der Waals surface area contributed by atoms with Crippen molar-refractivity contribution < 1.29 is 28.7 Å². The van der Waals surface area contributed by atoms with Crippen LogP contribution in [-0.4, -0.2) is 36.8 Å². The molecule has 4 amide bonds. The van der Waals surface area contributed by atoms with Gasteiger partial charge in [0.1, 0.15) is 11.5 Å². The Balaban J connectivity index is 1.02. The third-order valence-corrected chi connectivity index (χ3v) is 6.58. The van der Waals surface area contributed by atoms with Crippen molar-refractivity contribution in [3.8, 4) is 11.5 Å². The zero-order valence-corrected chi connectivity index (χ0v) is 20.3. The number of benzene rings is 2. The van der Waals surface area contributed by atoms with E-state index < -0.39 is 11.8 Å². The highest BCUT2D eigenvalue weighted by atomic mass is 16.5. The number of carbonyl (C=O) groups is 4. The van der Waals surface area contributed by atoms with Crippen molar-refractivity contribution in [3.63, 3.8) is 0 Å². The van der Waals surface area contributed by atoms with Crippen LogP contribution in [0.15, 0.2) is 48.5 Å². The van der Waals surface area contributed by atoms with Crippen LogP contribution in [0.2, 0.25) is 0 Å². The van der Waals surface area contributed by atoms with E-state index in [1.807, 2.05) is 48.5 Å². The van der Waals surface area contributed by atoms with Gasteiger partial charge in [0.2, 0.25) is 23.6 Å². The predicted octanol–water partition coefficient (Wildman–Crippen LogP) is 3.75. The zero-order valence-electron chi connectivity index (χ0n) is 20.3. The second-order valence-corrected chi connectivity index (χ2v) is 9.29. The summed E-state index contributed by atoms with van der Waals surface area (Å²) in [7, 11) is 0. The molecule has 2 saturated heterocycles. The van der Waals surface area contributed by atoms with Gasteiger partial charge in [-0.25, -0.2) is 0 Å². The summed E-state index contributed by atoms with van der Waals surface area (Å²) in [5.74, 6) is -0.147. The average molecular weight is 493 g/mol. The van der Waals surface area contributed by atoms with Gasteiger partial charge < -0.3 is 9.47 Å². The fraction of sp³-hybridized carbons (Fsp3) is 0.429. The summed E-state index contributed by atoms with van der Waals surface area (Å²) in [6.07, 6.45) is 6.87. The number of carbonyl (C=O) groups excluding carboxylic acids is 4. The molecule has 4 rings (SSSR count). The Morgan fingerprint density at radius 2 is 0.917 bits per heavy atom. The standard InChI is InChI=1S/C28H32N2O6/c31-25-17-23(27(33)29-25)19-7-11-21(12-8-19)35-15-5-3-1-2-4-6-16-36-22-13-9-20(10-14-22)24-18-26(32)30-28(24)34/h7-14,23-24H,1-6,15-18H2,(H,29,31,33)(H,30,32,34). The van der Waals surface area contributed by atoms with E-state index in [9.17, 15) is 19.2 Å². The normalized spacial score (nSPS) is 19.3. The lowest BCUT2D eigenvalue weighted by Gasteiger charge is -2.10. The number of hydrogen-bond donors (Lipinski definition) is 2. The van der Waals surface area contributed by atoms with Gasteiger partial charge >= 0.3 is 0 Å². The molecular weight excluding hydrogens is 460 g/mol. The van der Waals surface area contributed by atoms with Gasteiger partial charge in [0.25, 0.3) is 0 Å². The quantitative estimate of drug-likeness (QED) is 0.326.